The van der Waals surface area contributed by atoms with E-state index in [1.165, 1.54) is 36.3 Å². The van der Waals surface area contributed by atoms with E-state index in [9.17, 15) is 8.78 Å². The number of halogens is 2. The summed E-state index contributed by atoms with van der Waals surface area (Å²) in [6.07, 6.45) is 2.44. The molecule has 1 aromatic carbocycles. The summed E-state index contributed by atoms with van der Waals surface area (Å²) in [5.74, 6) is -0.826. The van der Waals surface area contributed by atoms with E-state index < -0.39 is 11.6 Å². The lowest BCUT2D eigenvalue weighted by molar-refractivity contribution is 0.594. The van der Waals surface area contributed by atoms with Crippen LogP contribution < -0.4 is 5.32 Å². The topological polar surface area (TPSA) is 24.9 Å². The molecule has 1 saturated carbocycles. The van der Waals surface area contributed by atoms with E-state index >= 15 is 0 Å². The van der Waals surface area contributed by atoms with Gasteiger partial charge in [-0.15, -0.1) is 11.3 Å². The minimum atomic E-state index is -0.425. The molecule has 1 aliphatic rings. The third-order valence-corrected chi connectivity index (χ3v) is 4.04. The van der Waals surface area contributed by atoms with Gasteiger partial charge in [-0.2, -0.15) is 0 Å². The number of hydrogen-bond donors (Lipinski definition) is 1. The lowest BCUT2D eigenvalue weighted by Gasteiger charge is -2.02. The van der Waals surface area contributed by atoms with Crippen molar-refractivity contribution in [3.8, 4) is 11.3 Å². The Labute approximate surface area is 114 Å². The highest BCUT2D eigenvalue weighted by Gasteiger charge is 2.20. The fraction of sp³-hybridized carbons (Fsp3) is 0.357. The number of aryl methyl sites for hydroxylation is 1. The summed E-state index contributed by atoms with van der Waals surface area (Å²) >= 11 is 1.47. The van der Waals surface area contributed by atoms with Gasteiger partial charge in [-0.1, -0.05) is 0 Å². The van der Waals surface area contributed by atoms with Gasteiger partial charge in [0.15, 0.2) is 0 Å². The van der Waals surface area contributed by atoms with Gasteiger partial charge in [-0.25, -0.2) is 13.8 Å². The van der Waals surface area contributed by atoms with Crippen molar-refractivity contribution in [1.29, 1.82) is 0 Å². The fourth-order valence-corrected chi connectivity index (χ4v) is 2.62. The molecule has 5 heteroatoms. The van der Waals surface area contributed by atoms with E-state index in [4.69, 9.17) is 0 Å². The van der Waals surface area contributed by atoms with Crippen LogP contribution in [0.1, 0.15) is 23.4 Å². The zero-order chi connectivity index (χ0) is 13.4. The molecule has 0 unspecified atom stereocenters. The Bertz CT molecular complexity index is 605. The molecule has 0 atom stereocenters. The van der Waals surface area contributed by atoms with Crippen LogP contribution in [-0.2, 0) is 6.54 Å². The van der Waals surface area contributed by atoms with Crippen molar-refractivity contribution in [1.82, 2.24) is 10.3 Å². The summed E-state index contributed by atoms with van der Waals surface area (Å²) in [5.41, 5.74) is 1.05. The zero-order valence-electron chi connectivity index (χ0n) is 10.5. The number of aromatic nitrogens is 1. The zero-order valence-corrected chi connectivity index (χ0v) is 11.4. The maximum atomic E-state index is 13.8. The third-order valence-electron chi connectivity index (χ3n) is 3.20. The SMILES string of the molecule is Cc1cc(F)c(-c2csc(CNC3CC3)n2)cc1F. The van der Waals surface area contributed by atoms with Gasteiger partial charge in [0.25, 0.3) is 0 Å². The number of thiazole rings is 1. The Balaban J connectivity index is 1.83. The summed E-state index contributed by atoms with van der Waals surface area (Å²) in [7, 11) is 0. The average molecular weight is 280 g/mol. The minimum Gasteiger partial charge on any atom is -0.308 e. The summed E-state index contributed by atoms with van der Waals surface area (Å²) in [6.45, 7) is 2.25. The Morgan fingerprint density at radius 1 is 1.32 bits per heavy atom. The van der Waals surface area contributed by atoms with Crippen molar-refractivity contribution in [3.63, 3.8) is 0 Å². The molecule has 3 rings (SSSR count). The highest BCUT2D eigenvalue weighted by atomic mass is 32.1. The van der Waals surface area contributed by atoms with E-state index in [1.807, 2.05) is 0 Å². The predicted octanol–water partition coefficient (Wildman–Crippen LogP) is 3.65. The quantitative estimate of drug-likeness (QED) is 0.924. The van der Waals surface area contributed by atoms with Crippen molar-refractivity contribution < 1.29 is 8.78 Å². The first-order valence-corrected chi connectivity index (χ1v) is 7.15. The van der Waals surface area contributed by atoms with Gasteiger partial charge in [0, 0.05) is 23.5 Å². The van der Waals surface area contributed by atoms with Crippen molar-refractivity contribution in [2.75, 3.05) is 0 Å². The molecule has 100 valence electrons. The molecule has 1 aromatic heterocycles. The van der Waals surface area contributed by atoms with Crippen LogP contribution in [0.5, 0.6) is 0 Å². The second-order valence-corrected chi connectivity index (χ2v) is 5.81. The largest absolute Gasteiger partial charge is 0.308 e. The first-order valence-electron chi connectivity index (χ1n) is 6.27. The third kappa shape index (κ3) is 2.82. The summed E-state index contributed by atoms with van der Waals surface area (Å²) < 4.78 is 27.3. The van der Waals surface area contributed by atoms with Gasteiger partial charge < -0.3 is 5.32 Å². The normalized spacial score (nSPS) is 14.9. The number of benzene rings is 1. The molecule has 1 N–H and O–H groups in total. The second-order valence-electron chi connectivity index (χ2n) is 4.86. The van der Waals surface area contributed by atoms with E-state index in [0.717, 1.165) is 5.01 Å². The monoisotopic (exact) mass is 280 g/mol. The summed E-state index contributed by atoms with van der Waals surface area (Å²) in [4.78, 5) is 4.36. The van der Waals surface area contributed by atoms with Crippen LogP contribution in [0.2, 0.25) is 0 Å². The summed E-state index contributed by atoms with van der Waals surface area (Å²) in [5, 5.41) is 6.03. The molecule has 1 fully saturated rings. The van der Waals surface area contributed by atoms with Gasteiger partial charge in [0.2, 0.25) is 0 Å². The standard InChI is InChI=1S/C14H14F2N2S/c1-8-4-12(16)10(5-11(8)15)13-7-19-14(18-13)6-17-9-2-3-9/h4-5,7,9,17H,2-3,6H2,1H3. The van der Waals surface area contributed by atoms with Gasteiger partial charge in [0.05, 0.1) is 5.69 Å². The van der Waals surface area contributed by atoms with E-state index in [0.29, 0.717) is 23.8 Å². The molecule has 0 bridgehead atoms. The van der Waals surface area contributed by atoms with Crippen LogP contribution in [0.25, 0.3) is 11.3 Å². The molecule has 0 amide bonds. The molecule has 19 heavy (non-hydrogen) atoms. The molecule has 2 aromatic rings. The molecule has 0 saturated heterocycles. The van der Waals surface area contributed by atoms with Crippen LogP contribution in [0, 0.1) is 18.6 Å². The lowest BCUT2D eigenvalue weighted by atomic mass is 10.1. The Hall–Kier alpha value is -1.33. The summed E-state index contributed by atoms with van der Waals surface area (Å²) in [6, 6.07) is 3.05. The van der Waals surface area contributed by atoms with E-state index in [1.54, 1.807) is 12.3 Å². The van der Waals surface area contributed by atoms with Crippen LogP contribution >= 0.6 is 11.3 Å². The average Bonchev–Trinajstić information content (AvgIpc) is 3.09. The molecule has 2 nitrogen and oxygen atoms in total. The molecular weight excluding hydrogens is 266 g/mol. The van der Waals surface area contributed by atoms with E-state index in [2.05, 4.69) is 10.3 Å². The maximum absolute atomic E-state index is 13.8. The molecule has 0 spiro atoms. The van der Waals surface area contributed by atoms with Crippen molar-refractivity contribution >= 4 is 11.3 Å². The second kappa shape index (κ2) is 4.98. The Morgan fingerprint density at radius 3 is 2.84 bits per heavy atom. The van der Waals surface area contributed by atoms with Gasteiger partial charge in [-0.05, 0) is 37.5 Å². The number of nitrogens with one attached hydrogen (secondary N) is 1. The number of hydrogen-bond acceptors (Lipinski definition) is 3. The van der Waals surface area contributed by atoms with Gasteiger partial charge >= 0.3 is 0 Å². The molecule has 0 aliphatic heterocycles. The van der Waals surface area contributed by atoms with Crippen molar-refractivity contribution in [2.24, 2.45) is 0 Å². The molecule has 0 radical (unpaired) electrons. The Kier molecular flexibility index (Phi) is 3.33. The Morgan fingerprint density at radius 2 is 2.11 bits per heavy atom. The van der Waals surface area contributed by atoms with Crippen LogP contribution in [-0.4, -0.2) is 11.0 Å². The van der Waals surface area contributed by atoms with Crippen LogP contribution in [0.15, 0.2) is 17.5 Å². The lowest BCUT2D eigenvalue weighted by Crippen LogP contribution is -2.14. The highest BCUT2D eigenvalue weighted by molar-refractivity contribution is 7.09. The number of rotatable bonds is 4. The van der Waals surface area contributed by atoms with Gasteiger partial charge in [0.1, 0.15) is 16.6 Å². The first-order chi connectivity index (χ1) is 9.13. The minimum absolute atomic E-state index is 0.233. The first kappa shape index (κ1) is 12.7. The van der Waals surface area contributed by atoms with Crippen LogP contribution in [0.3, 0.4) is 0 Å². The predicted molar refractivity (Wildman–Crippen MR) is 72.1 cm³/mol. The molecular formula is C14H14F2N2S. The smallest absolute Gasteiger partial charge is 0.133 e. The maximum Gasteiger partial charge on any atom is 0.133 e. The van der Waals surface area contributed by atoms with Crippen molar-refractivity contribution in [3.05, 3.63) is 39.7 Å². The van der Waals surface area contributed by atoms with Gasteiger partial charge in [-0.3, -0.25) is 0 Å². The fourth-order valence-electron chi connectivity index (χ4n) is 1.88. The van der Waals surface area contributed by atoms with E-state index in [-0.39, 0.29) is 5.56 Å². The molecule has 1 aliphatic carbocycles. The highest BCUT2D eigenvalue weighted by Crippen LogP contribution is 2.27. The molecule has 1 heterocycles. The number of nitrogens with zero attached hydrogens (tertiary/aromatic N) is 1. The van der Waals surface area contributed by atoms with Crippen molar-refractivity contribution in [2.45, 2.75) is 32.4 Å². The van der Waals surface area contributed by atoms with Crippen LogP contribution in [0.4, 0.5) is 8.78 Å².